The summed E-state index contributed by atoms with van der Waals surface area (Å²) in [6, 6.07) is 5.71. The number of piperidine rings is 1. The van der Waals surface area contributed by atoms with Gasteiger partial charge in [-0.3, -0.25) is 9.59 Å². The summed E-state index contributed by atoms with van der Waals surface area (Å²) in [5, 5.41) is 6.89. The van der Waals surface area contributed by atoms with E-state index in [1.165, 1.54) is 28.6 Å². The van der Waals surface area contributed by atoms with E-state index in [4.69, 9.17) is 21.4 Å². The van der Waals surface area contributed by atoms with Gasteiger partial charge in [-0.15, -0.1) is 0 Å². The number of rotatable bonds is 4. The van der Waals surface area contributed by atoms with Crippen LogP contribution in [-0.2, 0) is 14.8 Å². The molecule has 1 aromatic carbocycles. The van der Waals surface area contributed by atoms with Crippen molar-refractivity contribution in [2.45, 2.75) is 17.7 Å². The molecule has 1 saturated heterocycles. The summed E-state index contributed by atoms with van der Waals surface area (Å²) in [7, 11) is -3.50. The molecular formula is C14H21N3O5S. The molecule has 1 aromatic rings. The van der Waals surface area contributed by atoms with Gasteiger partial charge in [0.15, 0.2) is 0 Å². The molecular weight excluding hydrogens is 322 g/mol. The van der Waals surface area contributed by atoms with Crippen LogP contribution in [0.2, 0.25) is 0 Å². The van der Waals surface area contributed by atoms with Crippen LogP contribution in [0.25, 0.3) is 0 Å². The van der Waals surface area contributed by atoms with Crippen molar-refractivity contribution in [1.29, 1.82) is 0 Å². The van der Waals surface area contributed by atoms with Gasteiger partial charge in [0.25, 0.3) is 6.47 Å². The maximum absolute atomic E-state index is 12.4. The van der Waals surface area contributed by atoms with Gasteiger partial charge in [0.05, 0.1) is 4.90 Å². The average Bonchev–Trinajstić information content (AvgIpc) is 2.55. The normalized spacial score (nSPS) is 16.2. The molecule has 0 saturated carbocycles. The lowest BCUT2D eigenvalue weighted by Gasteiger charge is -2.30. The van der Waals surface area contributed by atoms with E-state index >= 15 is 0 Å². The molecule has 23 heavy (non-hydrogen) atoms. The summed E-state index contributed by atoms with van der Waals surface area (Å²) >= 11 is 0. The summed E-state index contributed by atoms with van der Waals surface area (Å²) in [6.45, 7) is 1.32. The third-order valence-corrected chi connectivity index (χ3v) is 5.60. The molecule has 8 nitrogen and oxygen atoms in total. The van der Waals surface area contributed by atoms with Crippen LogP contribution in [0.15, 0.2) is 29.2 Å². The van der Waals surface area contributed by atoms with Crippen molar-refractivity contribution in [1.82, 2.24) is 4.31 Å². The first kappa shape index (κ1) is 19.1. The largest absolute Gasteiger partial charge is 0.483 e. The van der Waals surface area contributed by atoms with Crippen molar-refractivity contribution >= 4 is 22.4 Å². The first-order chi connectivity index (χ1) is 10.9. The van der Waals surface area contributed by atoms with E-state index in [0.717, 1.165) is 12.8 Å². The van der Waals surface area contributed by atoms with Crippen molar-refractivity contribution < 1.29 is 23.1 Å². The number of nitrogens with two attached hydrogens (primary N) is 2. The lowest BCUT2D eigenvalue weighted by Crippen LogP contribution is -2.40. The molecule has 0 bridgehead atoms. The minimum absolute atomic E-state index is 0.189. The minimum Gasteiger partial charge on any atom is -0.483 e. The van der Waals surface area contributed by atoms with E-state index in [-0.39, 0.29) is 11.4 Å². The van der Waals surface area contributed by atoms with Gasteiger partial charge in [-0.1, -0.05) is 0 Å². The van der Waals surface area contributed by atoms with E-state index in [9.17, 15) is 13.2 Å². The highest BCUT2D eigenvalue weighted by molar-refractivity contribution is 7.89. The molecule has 5 N–H and O–H groups in total. The van der Waals surface area contributed by atoms with Crippen LogP contribution in [0, 0.1) is 5.92 Å². The van der Waals surface area contributed by atoms with E-state index in [0.29, 0.717) is 31.1 Å². The van der Waals surface area contributed by atoms with Crippen molar-refractivity contribution in [2.75, 3.05) is 19.6 Å². The third-order valence-electron chi connectivity index (χ3n) is 3.68. The molecule has 128 valence electrons. The predicted molar refractivity (Wildman–Crippen MR) is 84.2 cm³/mol. The maximum Gasteiger partial charge on any atom is 0.290 e. The molecule has 1 fully saturated rings. The van der Waals surface area contributed by atoms with Gasteiger partial charge in [-0.05, 0) is 49.6 Å². The Bertz CT molecular complexity index is 622. The maximum atomic E-state index is 12.4. The SMILES string of the molecule is NCC1CCN(S(=O)(=O)c2ccc(C(N)=O)cc2)CC1.O=CO. The van der Waals surface area contributed by atoms with Gasteiger partial charge in [0.1, 0.15) is 0 Å². The van der Waals surface area contributed by atoms with Crippen LogP contribution in [0.3, 0.4) is 0 Å². The quantitative estimate of drug-likeness (QED) is 0.648. The zero-order valence-corrected chi connectivity index (χ0v) is 13.4. The third kappa shape index (κ3) is 5.02. The second-order valence-electron chi connectivity index (χ2n) is 5.08. The molecule has 2 rings (SSSR count). The highest BCUT2D eigenvalue weighted by Gasteiger charge is 2.28. The molecule has 0 aromatic heterocycles. The Morgan fingerprint density at radius 3 is 2.13 bits per heavy atom. The number of amides is 1. The molecule has 1 aliphatic rings. The first-order valence-corrected chi connectivity index (χ1v) is 8.48. The Hall–Kier alpha value is -1.97. The molecule has 1 heterocycles. The number of carbonyl (C=O) groups excluding carboxylic acids is 1. The lowest BCUT2D eigenvalue weighted by molar-refractivity contribution is -0.122. The van der Waals surface area contributed by atoms with Gasteiger partial charge >= 0.3 is 0 Å². The summed E-state index contributed by atoms with van der Waals surface area (Å²) < 4.78 is 26.4. The Balaban J connectivity index is 0.000000816. The molecule has 9 heteroatoms. The number of sulfonamides is 1. The fourth-order valence-electron chi connectivity index (χ4n) is 2.33. The van der Waals surface area contributed by atoms with Crippen molar-refractivity contribution in [3.8, 4) is 0 Å². The second-order valence-corrected chi connectivity index (χ2v) is 7.02. The van der Waals surface area contributed by atoms with Crippen LogP contribution in [0.5, 0.6) is 0 Å². The van der Waals surface area contributed by atoms with Crippen molar-refractivity contribution in [2.24, 2.45) is 17.4 Å². The summed E-state index contributed by atoms with van der Waals surface area (Å²) in [5.41, 5.74) is 11.0. The van der Waals surface area contributed by atoms with E-state index in [1.54, 1.807) is 0 Å². The molecule has 1 aliphatic heterocycles. The number of carboxylic acid groups (broad SMARTS) is 1. The van der Waals surface area contributed by atoms with Crippen LogP contribution in [0.1, 0.15) is 23.2 Å². The fraction of sp³-hybridized carbons (Fsp3) is 0.429. The van der Waals surface area contributed by atoms with Crippen molar-refractivity contribution in [3.63, 3.8) is 0 Å². The van der Waals surface area contributed by atoms with Crippen LogP contribution in [-0.4, -0.2) is 49.8 Å². The lowest BCUT2D eigenvalue weighted by atomic mass is 9.99. The Labute approximate surface area is 135 Å². The zero-order chi connectivity index (χ0) is 17.5. The molecule has 1 amide bonds. The van der Waals surface area contributed by atoms with Crippen LogP contribution in [0.4, 0.5) is 0 Å². The molecule has 0 atom stereocenters. The second kappa shape index (κ2) is 8.61. The highest BCUT2D eigenvalue weighted by atomic mass is 32.2. The van der Waals surface area contributed by atoms with E-state index in [2.05, 4.69) is 0 Å². The van der Waals surface area contributed by atoms with Gasteiger partial charge in [-0.2, -0.15) is 4.31 Å². The van der Waals surface area contributed by atoms with Crippen LogP contribution >= 0.6 is 0 Å². The molecule has 0 unspecified atom stereocenters. The Kier molecular flexibility index (Phi) is 7.14. The first-order valence-electron chi connectivity index (χ1n) is 7.04. The van der Waals surface area contributed by atoms with Gasteiger partial charge in [-0.25, -0.2) is 8.42 Å². The standard InChI is InChI=1S/C13H19N3O3S.CH2O2/c14-9-10-5-7-16(8-6-10)20(18,19)12-3-1-11(2-4-12)13(15)17;2-1-3/h1-4,10H,5-9,14H2,(H2,15,17);1H,(H,2,3). The molecule has 0 aliphatic carbocycles. The van der Waals surface area contributed by atoms with E-state index < -0.39 is 15.9 Å². The summed E-state index contributed by atoms with van der Waals surface area (Å²) in [4.78, 5) is 19.5. The van der Waals surface area contributed by atoms with Crippen LogP contribution < -0.4 is 11.5 Å². The Morgan fingerprint density at radius 1 is 1.26 bits per heavy atom. The summed E-state index contributed by atoms with van der Waals surface area (Å²) in [6.07, 6.45) is 1.57. The van der Waals surface area contributed by atoms with Gasteiger partial charge < -0.3 is 16.6 Å². The van der Waals surface area contributed by atoms with Crippen molar-refractivity contribution in [3.05, 3.63) is 29.8 Å². The molecule has 0 radical (unpaired) electrons. The van der Waals surface area contributed by atoms with E-state index in [1.807, 2.05) is 0 Å². The average molecular weight is 343 g/mol. The van der Waals surface area contributed by atoms with Gasteiger partial charge in [0, 0.05) is 18.7 Å². The smallest absolute Gasteiger partial charge is 0.290 e. The predicted octanol–water partition coefficient (Wildman–Crippen LogP) is -0.154. The number of carbonyl (C=O) groups is 2. The monoisotopic (exact) mass is 343 g/mol. The fourth-order valence-corrected chi connectivity index (χ4v) is 3.80. The summed E-state index contributed by atoms with van der Waals surface area (Å²) in [5.74, 6) is -0.170. The molecule has 0 spiro atoms. The number of nitrogens with zero attached hydrogens (tertiary/aromatic N) is 1. The minimum atomic E-state index is -3.50. The zero-order valence-electron chi connectivity index (χ0n) is 12.6. The highest BCUT2D eigenvalue weighted by Crippen LogP contribution is 2.23. The Morgan fingerprint density at radius 2 is 1.74 bits per heavy atom. The number of benzene rings is 1. The number of primary amides is 1. The number of hydrogen-bond acceptors (Lipinski definition) is 5. The van der Waals surface area contributed by atoms with Gasteiger partial charge in [0.2, 0.25) is 15.9 Å². The topological polar surface area (TPSA) is 144 Å². The number of hydrogen-bond donors (Lipinski definition) is 3.